The first-order valence-electron chi connectivity index (χ1n) is 2.08. The molecule has 0 amide bonds. The highest BCUT2D eigenvalue weighted by Crippen LogP contribution is 1.95. The van der Waals surface area contributed by atoms with Crippen LogP contribution in [0.1, 0.15) is 6.42 Å². The van der Waals surface area contributed by atoms with E-state index in [4.69, 9.17) is 16.9 Å². The van der Waals surface area contributed by atoms with Gasteiger partial charge >= 0.3 is 0 Å². The maximum atomic E-state index is 8.11. The first-order valence-corrected chi connectivity index (χ1v) is 2.08. The van der Waals surface area contributed by atoms with Crippen LogP contribution in [0.25, 0.3) is 0 Å². The Morgan fingerprint density at radius 2 is 2.12 bits per heavy atom. The molecular weight excluding hydrogens is 100 g/mol. The molecule has 0 N–H and O–H groups in total. The van der Waals surface area contributed by atoms with Crippen LogP contribution in [0.3, 0.4) is 0 Å². The first kappa shape index (κ1) is 6.54. The maximum Gasteiger partial charge on any atom is 0.120 e. The Hall–Kier alpha value is -1.46. The van der Waals surface area contributed by atoms with E-state index < -0.39 is 5.92 Å². The molecule has 8 heavy (non-hydrogen) atoms. The lowest BCUT2D eigenvalue weighted by Crippen LogP contribution is -1.87. The summed E-state index contributed by atoms with van der Waals surface area (Å²) in [5.41, 5.74) is 0. The van der Waals surface area contributed by atoms with E-state index in [1.54, 1.807) is 12.1 Å². The summed E-state index contributed by atoms with van der Waals surface area (Å²) >= 11 is 0. The van der Waals surface area contributed by atoms with Gasteiger partial charge in [-0.15, -0.1) is 6.42 Å². The molecule has 0 aliphatic carbocycles. The predicted molar refractivity (Wildman–Crippen MR) is 28.2 cm³/mol. The number of terminal acetylenes is 1. The smallest absolute Gasteiger partial charge is 0.120 e. The van der Waals surface area contributed by atoms with Gasteiger partial charge in [0.15, 0.2) is 0 Å². The van der Waals surface area contributed by atoms with Gasteiger partial charge in [-0.25, -0.2) is 0 Å². The van der Waals surface area contributed by atoms with Crippen LogP contribution in [-0.4, -0.2) is 0 Å². The summed E-state index contributed by atoms with van der Waals surface area (Å²) < 4.78 is 0. The lowest BCUT2D eigenvalue weighted by molar-refractivity contribution is 0.890. The van der Waals surface area contributed by atoms with Gasteiger partial charge in [-0.3, -0.25) is 0 Å². The minimum Gasteiger partial charge on any atom is -0.198 e. The molecule has 0 saturated carbocycles. The second kappa shape index (κ2) is 3.72. The molecule has 0 saturated heterocycles. The van der Waals surface area contributed by atoms with Crippen LogP contribution in [0.5, 0.6) is 0 Å². The van der Waals surface area contributed by atoms with E-state index in [-0.39, 0.29) is 6.42 Å². The summed E-state index contributed by atoms with van der Waals surface area (Å²) in [5.74, 6) is 1.64. The number of hydrogen-bond donors (Lipinski definition) is 0. The van der Waals surface area contributed by atoms with Crippen molar-refractivity contribution in [2.45, 2.75) is 6.42 Å². The molecule has 0 heterocycles. The highest BCUT2D eigenvalue weighted by Gasteiger charge is 1.97. The monoisotopic (exact) mass is 104 g/mol. The third-order valence-corrected chi connectivity index (χ3v) is 0.652. The molecule has 0 fully saturated rings. The van der Waals surface area contributed by atoms with E-state index in [2.05, 4.69) is 5.92 Å². The zero-order valence-electron chi connectivity index (χ0n) is 4.26. The Morgan fingerprint density at radius 1 is 1.50 bits per heavy atom. The summed E-state index contributed by atoms with van der Waals surface area (Å²) in [6.45, 7) is 0. The summed E-state index contributed by atoms with van der Waals surface area (Å²) in [6.07, 6.45) is 4.98. The molecule has 0 radical (unpaired) electrons. The Labute approximate surface area is 48.3 Å². The molecule has 0 aromatic rings. The first-order chi connectivity index (χ1) is 3.85. The largest absolute Gasteiger partial charge is 0.198 e. The van der Waals surface area contributed by atoms with Crippen molar-refractivity contribution in [3.8, 4) is 24.5 Å². The highest BCUT2D eigenvalue weighted by atomic mass is 14.3. The van der Waals surface area contributed by atoms with Crippen LogP contribution in [0.15, 0.2) is 0 Å². The van der Waals surface area contributed by atoms with Crippen molar-refractivity contribution in [1.82, 2.24) is 0 Å². The van der Waals surface area contributed by atoms with Gasteiger partial charge in [0, 0.05) is 0 Å². The van der Waals surface area contributed by atoms with Crippen LogP contribution < -0.4 is 0 Å². The van der Waals surface area contributed by atoms with Gasteiger partial charge in [0.2, 0.25) is 0 Å². The molecular formula is C6H4N2. The fourth-order valence-electron chi connectivity index (χ4n) is 0.233. The molecule has 1 atom stereocenters. The van der Waals surface area contributed by atoms with Crippen LogP contribution in [-0.2, 0) is 0 Å². The molecule has 0 aromatic heterocycles. The second-order valence-electron chi connectivity index (χ2n) is 1.21. The minimum atomic E-state index is -0.528. The molecule has 2 heteroatoms. The Morgan fingerprint density at radius 3 is 2.25 bits per heavy atom. The number of hydrogen-bond acceptors (Lipinski definition) is 2. The molecule has 0 bridgehead atoms. The van der Waals surface area contributed by atoms with Crippen LogP contribution in [0.4, 0.5) is 0 Å². The fraction of sp³-hybridized carbons (Fsp3) is 0.333. The van der Waals surface area contributed by atoms with Crippen molar-refractivity contribution in [2.24, 2.45) is 5.92 Å². The lowest BCUT2D eigenvalue weighted by atomic mass is 10.1. The molecule has 38 valence electrons. The number of nitriles is 2. The summed E-state index contributed by atoms with van der Waals surface area (Å²) in [6, 6.07) is 3.60. The second-order valence-corrected chi connectivity index (χ2v) is 1.21. The van der Waals surface area contributed by atoms with Gasteiger partial charge < -0.3 is 0 Å². The predicted octanol–water partition coefficient (Wildman–Crippen LogP) is 0.673. The fourth-order valence-corrected chi connectivity index (χ4v) is 0.233. The summed E-state index contributed by atoms with van der Waals surface area (Å²) in [5, 5.41) is 16.1. The quantitative estimate of drug-likeness (QED) is 0.459. The van der Waals surface area contributed by atoms with E-state index in [0.29, 0.717) is 0 Å². The SMILES string of the molecule is C#CC(C#N)CC#N. The van der Waals surface area contributed by atoms with Gasteiger partial charge in [-0.1, -0.05) is 5.92 Å². The lowest BCUT2D eigenvalue weighted by Gasteiger charge is -1.85. The van der Waals surface area contributed by atoms with E-state index >= 15 is 0 Å². The summed E-state index contributed by atoms with van der Waals surface area (Å²) in [7, 11) is 0. The molecule has 0 aliphatic heterocycles. The van der Waals surface area contributed by atoms with Crippen molar-refractivity contribution in [3.63, 3.8) is 0 Å². The average molecular weight is 104 g/mol. The number of nitrogens with zero attached hydrogens (tertiary/aromatic N) is 2. The molecule has 0 rings (SSSR count). The highest BCUT2D eigenvalue weighted by molar-refractivity contribution is 5.07. The molecule has 0 aliphatic rings. The normalized spacial score (nSPS) is 10.1. The standard InChI is InChI=1S/C6H4N2/c1-2-6(5-8)3-4-7/h1,6H,3H2. The van der Waals surface area contributed by atoms with Crippen LogP contribution in [0, 0.1) is 40.9 Å². The van der Waals surface area contributed by atoms with E-state index in [9.17, 15) is 0 Å². The Kier molecular flexibility index (Phi) is 3.04. The topological polar surface area (TPSA) is 47.6 Å². The molecule has 0 spiro atoms. The van der Waals surface area contributed by atoms with Crippen molar-refractivity contribution in [2.75, 3.05) is 0 Å². The Balaban J connectivity index is 3.68. The zero-order valence-corrected chi connectivity index (χ0v) is 4.26. The van der Waals surface area contributed by atoms with Gasteiger partial charge in [0.05, 0.1) is 18.6 Å². The summed E-state index contributed by atoms with van der Waals surface area (Å²) in [4.78, 5) is 0. The third-order valence-electron chi connectivity index (χ3n) is 0.652. The minimum absolute atomic E-state index is 0.132. The molecule has 2 nitrogen and oxygen atoms in total. The van der Waals surface area contributed by atoms with Crippen molar-refractivity contribution < 1.29 is 0 Å². The molecule has 1 unspecified atom stereocenters. The van der Waals surface area contributed by atoms with Gasteiger partial charge in [-0.2, -0.15) is 10.5 Å². The van der Waals surface area contributed by atoms with Crippen LogP contribution >= 0.6 is 0 Å². The van der Waals surface area contributed by atoms with Crippen molar-refractivity contribution >= 4 is 0 Å². The van der Waals surface area contributed by atoms with E-state index in [0.717, 1.165) is 0 Å². The van der Waals surface area contributed by atoms with E-state index in [1.165, 1.54) is 0 Å². The Bertz CT molecular complexity index is 160. The number of rotatable bonds is 1. The zero-order chi connectivity index (χ0) is 6.41. The van der Waals surface area contributed by atoms with Crippen molar-refractivity contribution in [3.05, 3.63) is 0 Å². The average Bonchev–Trinajstić information content (AvgIpc) is 1.83. The van der Waals surface area contributed by atoms with Gasteiger partial charge in [0.1, 0.15) is 5.92 Å². The van der Waals surface area contributed by atoms with Gasteiger partial charge in [-0.05, 0) is 0 Å². The molecule has 0 aromatic carbocycles. The van der Waals surface area contributed by atoms with Gasteiger partial charge in [0.25, 0.3) is 0 Å². The maximum absolute atomic E-state index is 8.11. The van der Waals surface area contributed by atoms with Crippen molar-refractivity contribution in [1.29, 1.82) is 10.5 Å². The van der Waals surface area contributed by atoms with E-state index in [1.807, 2.05) is 0 Å². The third kappa shape index (κ3) is 1.85. The van der Waals surface area contributed by atoms with Crippen LogP contribution in [0.2, 0.25) is 0 Å².